The average molecular weight is 222 g/mol. The van der Waals surface area contributed by atoms with E-state index in [1.807, 2.05) is 32.0 Å². The number of hydrogen-bond donors (Lipinski definition) is 1. The Balaban J connectivity index is 3.22. The minimum Gasteiger partial charge on any atom is -0.465 e. The zero-order valence-corrected chi connectivity index (χ0v) is 10.2. The van der Waals surface area contributed by atoms with Crippen LogP contribution in [-0.2, 0) is 4.74 Å². The van der Waals surface area contributed by atoms with Crippen molar-refractivity contribution in [3.8, 4) is 0 Å². The van der Waals surface area contributed by atoms with Crippen LogP contribution in [0.25, 0.3) is 0 Å². The number of anilines is 1. The third-order valence-electron chi connectivity index (χ3n) is 2.42. The number of methoxy groups -OCH3 is 1. The minimum absolute atomic E-state index is 0.123. The molecule has 1 rings (SSSR count). The normalized spacial score (nSPS) is 12.1. The second-order valence-corrected chi connectivity index (χ2v) is 3.95. The van der Waals surface area contributed by atoms with Crippen molar-refractivity contribution in [2.45, 2.75) is 13.0 Å². The van der Waals surface area contributed by atoms with Gasteiger partial charge in [-0.05, 0) is 30.7 Å². The molecule has 1 aromatic carbocycles. The van der Waals surface area contributed by atoms with Gasteiger partial charge in [0.15, 0.2) is 0 Å². The van der Waals surface area contributed by atoms with Gasteiger partial charge in [0.2, 0.25) is 0 Å². The number of benzene rings is 1. The molecule has 0 radical (unpaired) electrons. The Hall–Kier alpha value is -1.55. The van der Waals surface area contributed by atoms with Crippen LogP contribution in [-0.4, -0.2) is 27.2 Å². The number of ether oxygens (including phenoxy) is 1. The number of nitrogens with two attached hydrogens (primary N) is 1. The Labute approximate surface area is 96.0 Å². The Morgan fingerprint density at radius 3 is 2.50 bits per heavy atom. The lowest BCUT2D eigenvalue weighted by atomic mass is 10.0. The first-order chi connectivity index (χ1) is 7.47. The lowest BCUT2D eigenvalue weighted by Crippen LogP contribution is -2.16. The van der Waals surface area contributed by atoms with Gasteiger partial charge in [-0.2, -0.15) is 0 Å². The number of hydrogen-bond acceptors (Lipinski definition) is 4. The van der Waals surface area contributed by atoms with E-state index >= 15 is 0 Å². The van der Waals surface area contributed by atoms with Crippen LogP contribution in [0.1, 0.15) is 28.9 Å². The van der Waals surface area contributed by atoms with Crippen LogP contribution in [0.15, 0.2) is 18.2 Å². The van der Waals surface area contributed by atoms with E-state index in [4.69, 9.17) is 5.73 Å². The second-order valence-electron chi connectivity index (χ2n) is 3.95. The zero-order valence-electron chi connectivity index (χ0n) is 10.2. The van der Waals surface area contributed by atoms with Gasteiger partial charge in [0, 0.05) is 25.8 Å². The molecule has 88 valence electrons. The van der Waals surface area contributed by atoms with Crippen LogP contribution in [0.3, 0.4) is 0 Å². The highest BCUT2D eigenvalue weighted by Crippen LogP contribution is 2.25. The third-order valence-corrected chi connectivity index (χ3v) is 2.42. The molecule has 0 amide bonds. The molecular weight excluding hydrogens is 204 g/mol. The lowest BCUT2D eigenvalue weighted by molar-refractivity contribution is 0.0600. The maximum Gasteiger partial charge on any atom is 0.337 e. The van der Waals surface area contributed by atoms with E-state index in [2.05, 4.69) is 4.74 Å². The van der Waals surface area contributed by atoms with Crippen molar-refractivity contribution in [2.24, 2.45) is 5.73 Å². The predicted molar refractivity (Wildman–Crippen MR) is 64.7 cm³/mol. The van der Waals surface area contributed by atoms with Crippen molar-refractivity contribution < 1.29 is 9.53 Å². The molecule has 0 aliphatic carbocycles. The van der Waals surface area contributed by atoms with Gasteiger partial charge in [-0.25, -0.2) is 4.79 Å². The summed E-state index contributed by atoms with van der Waals surface area (Å²) in [6.07, 6.45) is 0. The molecule has 0 bridgehead atoms. The van der Waals surface area contributed by atoms with Crippen molar-refractivity contribution in [1.82, 2.24) is 0 Å². The first-order valence-corrected chi connectivity index (χ1v) is 5.12. The van der Waals surface area contributed by atoms with Crippen LogP contribution in [0.2, 0.25) is 0 Å². The van der Waals surface area contributed by atoms with E-state index < -0.39 is 0 Å². The van der Waals surface area contributed by atoms with E-state index in [1.54, 1.807) is 12.1 Å². The summed E-state index contributed by atoms with van der Waals surface area (Å²) in [5.74, 6) is -0.341. The van der Waals surface area contributed by atoms with Crippen molar-refractivity contribution in [3.05, 3.63) is 29.3 Å². The Morgan fingerprint density at radius 2 is 2.06 bits per heavy atom. The molecule has 0 saturated heterocycles. The molecule has 0 saturated carbocycles. The molecule has 4 nitrogen and oxygen atoms in total. The minimum atomic E-state index is -0.341. The van der Waals surface area contributed by atoms with E-state index in [0.29, 0.717) is 5.56 Å². The van der Waals surface area contributed by atoms with Gasteiger partial charge in [-0.15, -0.1) is 0 Å². The van der Waals surface area contributed by atoms with Crippen LogP contribution in [0.5, 0.6) is 0 Å². The van der Waals surface area contributed by atoms with E-state index in [1.165, 1.54) is 7.11 Å². The summed E-state index contributed by atoms with van der Waals surface area (Å²) in [6.45, 7) is 1.89. The van der Waals surface area contributed by atoms with Gasteiger partial charge in [-0.3, -0.25) is 0 Å². The van der Waals surface area contributed by atoms with Crippen LogP contribution >= 0.6 is 0 Å². The Bertz CT molecular complexity index is 387. The quantitative estimate of drug-likeness (QED) is 0.788. The van der Waals surface area contributed by atoms with E-state index in [0.717, 1.165) is 11.3 Å². The maximum atomic E-state index is 11.4. The molecule has 2 N–H and O–H groups in total. The summed E-state index contributed by atoms with van der Waals surface area (Å²) < 4.78 is 4.68. The number of esters is 1. The van der Waals surface area contributed by atoms with Gasteiger partial charge in [0.25, 0.3) is 0 Å². The fraction of sp³-hybridized carbons (Fsp3) is 0.417. The molecule has 0 aromatic heterocycles. The van der Waals surface area contributed by atoms with Crippen LogP contribution in [0.4, 0.5) is 5.69 Å². The summed E-state index contributed by atoms with van der Waals surface area (Å²) >= 11 is 0. The molecule has 1 aromatic rings. The summed E-state index contributed by atoms with van der Waals surface area (Å²) in [7, 11) is 5.26. The summed E-state index contributed by atoms with van der Waals surface area (Å²) in [5.41, 5.74) is 8.37. The SMILES string of the molecule is COC(=O)c1ccc(N(C)C)c(C(C)N)c1. The Kier molecular flexibility index (Phi) is 3.90. The number of carbonyl (C=O) groups excluding carboxylic acids is 1. The molecule has 0 heterocycles. The molecular formula is C12H18N2O2. The second kappa shape index (κ2) is 4.99. The average Bonchev–Trinajstić information content (AvgIpc) is 2.26. The van der Waals surface area contributed by atoms with Gasteiger partial charge in [0.1, 0.15) is 0 Å². The topological polar surface area (TPSA) is 55.6 Å². The van der Waals surface area contributed by atoms with Gasteiger partial charge < -0.3 is 15.4 Å². The molecule has 0 fully saturated rings. The highest BCUT2D eigenvalue weighted by atomic mass is 16.5. The summed E-state index contributed by atoms with van der Waals surface area (Å²) in [4.78, 5) is 13.4. The predicted octanol–water partition coefficient (Wildman–Crippen LogP) is 1.56. The van der Waals surface area contributed by atoms with Crippen LogP contribution in [0, 0.1) is 0 Å². The van der Waals surface area contributed by atoms with Crippen molar-refractivity contribution in [3.63, 3.8) is 0 Å². The summed E-state index contributed by atoms with van der Waals surface area (Å²) in [5, 5.41) is 0. The third kappa shape index (κ3) is 2.52. The lowest BCUT2D eigenvalue weighted by Gasteiger charge is -2.20. The highest BCUT2D eigenvalue weighted by Gasteiger charge is 2.13. The molecule has 4 heteroatoms. The monoisotopic (exact) mass is 222 g/mol. The standard InChI is InChI=1S/C12H18N2O2/c1-8(13)10-7-9(12(15)16-4)5-6-11(10)14(2)3/h5-8H,13H2,1-4H3. The molecule has 16 heavy (non-hydrogen) atoms. The first kappa shape index (κ1) is 12.5. The fourth-order valence-corrected chi connectivity index (χ4v) is 1.57. The highest BCUT2D eigenvalue weighted by molar-refractivity contribution is 5.90. The van der Waals surface area contributed by atoms with Crippen LogP contribution < -0.4 is 10.6 Å². The van der Waals surface area contributed by atoms with Crippen molar-refractivity contribution in [1.29, 1.82) is 0 Å². The van der Waals surface area contributed by atoms with Gasteiger partial charge in [0.05, 0.1) is 12.7 Å². The largest absolute Gasteiger partial charge is 0.465 e. The molecule has 0 aliphatic heterocycles. The Morgan fingerprint density at radius 1 is 1.44 bits per heavy atom. The number of carbonyl (C=O) groups is 1. The molecule has 0 spiro atoms. The molecule has 0 aliphatic rings. The molecule has 1 unspecified atom stereocenters. The number of rotatable bonds is 3. The van der Waals surface area contributed by atoms with Gasteiger partial charge in [-0.1, -0.05) is 0 Å². The van der Waals surface area contributed by atoms with Crippen molar-refractivity contribution >= 4 is 11.7 Å². The van der Waals surface area contributed by atoms with E-state index in [-0.39, 0.29) is 12.0 Å². The van der Waals surface area contributed by atoms with E-state index in [9.17, 15) is 4.79 Å². The first-order valence-electron chi connectivity index (χ1n) is 5.12. The summed E-state index contributed by atoms with van der Waals surface area (Å²) in [6, 6.07) is 5.28. The smallest absolute Gasteiger partial charge is 0.337 e. The molecule has 1 atom stereocenters. The fourth-order valence-electron chi connectivity index (χ4n) is 1.57. The van der Waals surface area contributed by atoms with Gasteiger partial charge >= 0.3 is 5.97 Å². The number of nitrogens with zero attached hydrogens (tertiary/aromatic N) is 1. The maximum absolute atomic E-state index is 11.4. The zero-order chi connectivity index (χ0) is 12.3. The van der Waals surface area contributed by atoms with Crippen molar-refractivity contribution in [2.75, 3.05) is 26.1 Å².